The van der Waals surface area contributed by atoms with Crippen LogP contribution in [0.2, 0.25) is 0 Å². The topological polar surface area (TPSA) is 9.72 Å². The Morgan fingerprint density at radius 1 is 0.611 bits per heavy atom. The summed E-state index contributed by atoms with van der Waals surface area (Å²) in [6, 6.07) is 0. The lowest BCUT2D eigenvalue weighted by Gasteiger charge is -2.52. The van der Waals surface area contributed by atoms with E-state index in [2.05, 4.69) is 55.2 Å². The van der Waals surface area contributed by atoms with E-state index in [-0.39, 0.29) is 0 Å². The van der Waals surface area contributed by atoms with Crippen molar-refractivity contribution in [3.8, 4) is 0 Å². The zero-order valence-corrected chi connectivity index (χ0v) is 14.9. The molecule has 0 aromatic rings. The third kappa shape index (κ3) is 3.48. The first-order valence-electron chi connectivity index (χ1n) is 7.43. The third-order valence-electron chi connectivity index (χ3n) is 3.99. The van der Waals surface area contributed by atoms with Gasteiger partial charge in [-0.05, 0) is 39.3 Å². The number of rotatable bonds is 10. The van der Waals surface area contributed by atoms with Crippen molar-refractivity contribution in [3.63, 3.8) is 0 Å². The van der Waals surface area contributed by atoms with Crippen LogP contribution in [0.25, 0.3) is 0 Å². The highest BCUT2D eigenvalue weighted by molar-refractivity contribution is 6.78. The van der Waals surface area contributed by atoms with Crippen LogP contribution in [0.15, 0.2) is 0 Å². The minimum Gasteiger partial charge on any atom is -0.299 e. The summed E-state index contributed by atoms with van der Waals surface area (Å²) in [6.45, 7) is 20.0. The molecule has 0 saturated heterocycles. The Morgan fingerprint density at radius 2 is 0.833 bits per heavy atom. The molecule has 0 N–H and O–H groups in total. The van der Waals surface area contributed by atoms with E-state index in [1.165, 1.54) is 0 Å². The molecule has 3 nitrogen and oxygen atoms in total. The fourth-order valence-electron chi connectivity index (χ4n) is 3.04. The lowest BCUT2D eigenvalue weighted by atomic mass is 10.6. The maximum Gasteiger partial charge on any atom is 0.304 e. The zero-order valence-electron chi connectivity index (χ0n) is 13.2. The highest BCUT2D eigenvalue weighted by Crippen LogP contribution is 2.22. The first-order valence-corrected chi connectivity index (χ1v) is 10.0. The minimum absolute atomic E-state index is 0.762. The first-order chi connectivity index (χ1) is 8.62. The molecular weight excluding hydrogens is 262 g/mol. The Hall–Kier alpha value is 0.387. The smallest absolute Gasteiger partial charge is 0.299 e. The Labute approximate surface area is 120 Å². The van der Waals surface area contributed by atoms with Crippen LogP contribution in [0.1, 0.15) is 41.5 Å². The molecule has 0 aliphatic carbocycles. The summed E-state index contributed by atoms with van der Waals surface area (Å²) in [7, 11) is -1.89. The number of halogens is 1. The summed E-state index contributed by atoms with van der Waals surface area (Å²) in [5.41, 5.74) is 0.762. The zero-order chi connectivity index (χ0) is 14.2. The van der Waals surface area contributed by atoms with Gasteiger partial charge in [0.2, 0.25) is 0 Å². The predicted octanol–water partition coefficient (Wildman–Crippen LogP) is 2.73. The van der Waals surface area contributed by atoms with E-state index in [1.54, 1.807) is 0 Å². The molecule has 0 atom stereocenters. The highest BCUT2D eigenvalue weighted by Gasteiger charge is 2.47. The quantitative estimate of drug-likeness (QED) is 0.453. The fraction of sp³-hybridized carbons (Fsp3) is 1.00. The van der Waals surface area contributed by atoms with Gasteiger partial charge in [0.15, 0.2) is 0 Å². The summed E-state index contributed by atoms with van der Waals surface area (Å²) in [6.07, 6.45) is 0. The van der Waals surface area contributed by atoms with Gasteiger partial charge in [-0.3, -0.25) is 13.7 Å². The summed E-state index contributed by atoms with van der Waals surface area (Å²) >= 11 is 6.52. The first kappa shape index (κ1) is 18.4. The van der Waals surface area contributed by atoms with Gasteiger partial charge in [-0.1, -0.05) is 41.5 Å². The maximum absolute atomic E-state index is 6.52. The molecule has 0 amide bonds. The lowest BCUT2D eigenvalue weighted by Crippen LogP contribution is -2.76. The molecule has 0 rings (SSSR count). The predicted molar refractivity (Wildman–Crippen MR) is 85.2 cm³/mol. The van der Waals surface area contributed by atoms with E-state index < -0.39 is 8.56 Å². The second kappa shape index (κ2) is 9.32. The van der Waals surface area contributed by atoms with Gasteiger partial charge in [-0.15, -0.1) is 11.6 Å². The standard InChI is InChI=1S/C13H32ClN3Si/c1-7-15(8-2)18(13-14,16(9-3)10-4)17(11-5)12-6/h7-13H2,1-6H3. The van der Waals surface area contributed by atoms with Crippen molar-refractivity contribution in [2.75, 3.05) is 44.8 Å². The Morgan fingerprint density at radius 3 is 0.944 bits per heavy atom. The van der Waals surface area contributed by atoms with Gasteiger partial charge in [-0.2, -0.15) is 0 Å². The highest BCUT2D eigenvalue weighted by atomic mass is 35.5. The van der Waals surface area contributed by atoms with E-state index in [0.29, 0.717) is 0 Å². The number of hydrogen-bond donors (Lipinski definition) is 0. The van der Waals surface area contributed by atoms with Crippen molar-refractivity contribution in [2.24, 2.45) is 0 Å². The lowest BCUT2D eigenvalue weighted by molar-refractivity contribution is 0.267. The Bertz CT molecular complexity index is 173. The molecule has 0 saturated carbocycles. The van der Waals surface area contributed by atoms with E-state index >= 15 is 0 Å². The van der Waals surface area contributed by atoms with Crippen molar-refractivity contribution < 1.29 is 0 Å². The fourth-order valence-corrected chi connectivity index (χ4v) is 9.31. The van der Waals surface area contributed by atoms with Crippen molar-refractivity contribution >= 4 is 20.2 Å². The van der Waals surface area contributed by atoms with Crippen LogP contribution in [0.5, 0.6) is 0 Å². The molecule has 0 heterocycles. The van der Waals surface area contributed by atoms with Crippen LogP contribution < -0.4 is 0 Å². The molecule has 0 spiro atoms. The number of hydrogen-bond acceptors (Lipinski definition) is 3. The third-order valence-corrected chi connectivity index (χ3v) is 10.4. The summed E-state index contributed by atoms with van der Waals surface area (Å²) in [5, 5.41) is 0. The maximum atomic E-state index is 6.52. The van der Waals surface area contributed by atoms with Gasteiger partial charge < -0.3 is 0 Å². The molecule has 0 aromatic heterocycles. The molecule has 0 fully saturated rings. The van der Waals surface area contributed by atoms with Gasteiger partial charge in [-0.25, -0.2) is 0 Å². The summed E-state index contributed by atoms with van der Waals surface area (Å²) < 4.78 is 7.88. The van der Waals surface area contributed by atoms with Crippen LogP contribution in [0.4, 0.5) is 0 Å². The van der Waals surface area contributed by atoms with Gasteiger partial charge in [0.25, 0.3) is 0 Å². The van der Waals surface area contributed by atoms with E-state index in [1.807, 2.05) is 0 Å². The molecule has 110 valence electrons. The molecule has 0 radical (unpaired) electrons. The minimum atomic E-state index is -1.89. The molecule has 0 unspecified atom stereocenters. The van der Waals surface area contributed by atoms with Crippen LogP contribution in [0.3, 0.4) is 0 Å². The van der Waals surface area contributed by atoms with E-state index in [0.717, 1.165) is 44.8 Å². The Kier molecular flexibility index (Phi) is 9.52. The normalized spacial score (nSPS) is 13.0. The number of alkyl halides is 1. The molecule has 0 aromatic carbocycles. The van der Waals surface area contributed by atoms with Crippen LogP contribution in [-0.4, -0.2) is 67.0 Å². The summed E-state index contributed by atoms with van der Waals surface area (Å²) in [5.74, 6) is 0. The SMILES string of the molecule is CCN(CC)[Si](CCl)(N(CC)CC)N(CC)CC. The molecule has 5 heteroatoms. The van der Waals surface area contributed by atoms with Gasteiger partial charge in [0, 0.05) is 0 Å². The Balaban J connectivity index is 5.55. The summed E-state index contributed by atoms with van der Waals surface area (Å²) in [4.78, 5) is 0. The number of nitrogens with zero attached hydrogens (tertiary/aromatic N) is 3. The second-order valence-corrected chi connectivity index (χ2v) is 8.94. The largest absolute Gasteiger partial charge is 0.304 e. The van der Waals surface area contributed by atoms with Crippen molar-refractivity contribution in [1.29, 1.82) is 0 Å². The van der Waals surface area contributed by atoms with Gasteiger partial charge in [0.1, 0.15) is 0 Å². The van der Waals surface area contributed by atoms with Crippen LogP contribution >= 0.6 is 11.6 Å². The van der Waals surface area contributed by atoms with Gasteiger partial charge in [0.05, 0.1) is 5.50 Å². The second-order valence-electron chi connectivity index (χ2n) is 4.42. The molecule has 0 aliphatic rings. The van der Waals surface area contributed by atoms with Crippen molar-refractivity contribution in [3.05, 3.63) is 0 Å². The monoisotopic (exact) mass is 293 g/mol. The van der Waals surface area contributed by atoms with Crippen LogP contribution in [0, 0.1) is 0 Å². The van der Waals surface area contributed by atoms with Gasteiger partial charge >= 0.3 is 8.56 Å². The average molecular weight is 294 g/mol. The average Bonchev–Trinajstić information content (AvgIpc) is 2.41. The molecule has 0 aliphatic heterocycles. The molecule has 18 heavy (non-hydrogen) atoms. The van der Waals surface area contributed by atoms with Crippen molar-refractivity contribution in [2.45, 2.75) is 41.5 Å². The molecule has 0 bridgehead atoms. The van der Waals surface area contributed by atoms with Crippen molar-refractivity contribution in [1.82, 2.24) is 13.7 Å². The van der Waals surface area contributed by atoms with E-state index in [4.69, 9.17) is 11.6 Å². The van der Waals surface area contributed by atoms with E-state index in [9.17, 15) is 0 Å². The molecular formula is C13H32ClN3Si. The van der Waals surface area contributed by atoms with Crippen LogP contribution in [-0.2, 0) is 0 Å².